The first-order valence-electron chi connectivity index (χ1n) is 8.37. The maximum Gasteiger partial charge on any atom is 0.276 e. The van der Waals surface area contributed by atoms with Crippen LogP contribution in [0.4, 0.5) is 0 Å². The van der Waals surface area contributed by atoms with E-state index in [1.807, 2.05) is 0 Å². The van der Waals surface area contributed by atoms with Crippen LogP contribution in [0, 0.1) is 6.92 Å². The molecule has 11 heteroatoms. The smallest absolute Gasteiger partial charge is 0.200 e. The highest BCUT2D eigenvalue weighted by Crippen LogP contribution is 2.29. The molecule has 0 amide bonds. The van der Waals surface area contributed by atoms with Crippen molar-refractivity contribution in [3.8, 4) is 17.1 Å². The molecule has 4 rings (SSSR count). The van der Waals surface area contributed by atoms with Gasteiger partial charge in [-0.2, -0.15) is 33.0 Å². The molecule has 8 nitrogen and oxygen atoms in total. The first-order chi connectivity index (χ1) is 13.8. The minimum Gasteiger partial charge on any atom is -0.200 e. The van der Waals surface area contributed by atoms with Crippen LogP contribution in [0.25, 0.3) is 17.1 Å². The fourth-order valence-corrected chi connectivity index (χ4v) is 4.19. The van der Waals surface area contributed by atoms with E-state index in [-0.39, 0.29) is 4.90 Å². The Morgan fingerprint density at radius 1 is 1.03 bits per heavy atom. The van der Waals surface area contributed by atoms with E-state index in [0.717, 1.165) is 0 Å². The third-order valence-corrected chi connectivity index (χ3v) is 6.55. The topological polar surface area (TPSA) is 94.7 Å². The molecule has 0 aliphatic carbocycles. The molecule has 0 aliphatic heterocycles. The Labute approximate surface area is 180 Å². The van der Waals surface area contributed by atoms with Gasteiger partial charge in [0.2, 0.25) is 0 Å². The van der Waals surface area contributed by atoms with E-state index in [1.54, 1.807) is 49.4 Å². The summed E-state index contributed by atoms with van der Waals surface area (Å²) in [6.45, 7) is 1.75. The standard InChI is InChI=1S/C18H14BrClN6O2S/c1-12-17(19)18(16-11-21-25(23-16)14-9-7-13(20)8-10-14)26(22-12)24-29(27,28)15-5-3-2-4-6-15/h2-11,24H,1H3. The number of sulfonamides is 1. The number of benzene rings is 2. The maximum absolute atomic E-state index is 12.7. The van der Waals surface area contributed by atoms with Gasteiger partial charge in [-0.05, 0) is 59.3 Å². The van der Waals surface area contributed by atoms with Gasteiger partial charge in [-0.1, -0.05) is 29.8 Å². The number of aryl methyl sites for hydroxylation is 1. The zero-order chi connectivity index (χ0) is 20.6. The van der Waals surface area contributed by atoms with Crippen molar-refractivity contribution >= 4 is 37.6 Å². The van der Waals surface area contributed by atoms with Crippen molar-refractivity contribution in [1.29, 1.82) is 0 Å². The number of nitrogens with zero attached hydrogens (tertiary/aromatic N) is 5. The molecule has 1 N–H and O–H groups in total. The van der Waals surface area contributed by atoms with Crippen molar-refractivity contribution in [2.45, 2.75) is 11.8 Å². The van der Waals surface area contributed by atoms with Crippen LogP contribution in [0.3, 0.4) is 0 Å². The van der Waals surface area contributed by atoms with Crippen LogP contribution in [0.1, 0.15) is 5.69 Å². The third-order valence-electron chi connectivity index (χ3n) is 4.04. The second-order valence-electron chi connectivity index (χ2n) is 6.06. The number of rotatable bonds is 5. The van der Waals surface area contributed by atoms with Crippen LogP contribution in [0.15, 0.2) is 70.2 Å². The lowest BCUT2D eigenvalue weighted by atomic mass is 10.3. The summed E-state index contributed by atoms with van der Waals surface area (Å²) in [5.41, 5.74) is 2.17. The zero-order valence-electron chi connectivity index (χ0n) is 15.0. The van der Waals surface area contributed by atoms with Crippen LogP contribution < -0.4 is 4.83 Å². The van der Waals surface area contributed by atoms with Crippen molar-refractivity contribution < 1.29 is 8.42 Å². The van der Waals surface area contributed by atoms with Crippen LogP contribution in [0.2, 0.25) is 5.02 Å². The Bertz CT molecular complexity index is 1270. The molecule has 0 spiro atoms. The zero-order valence-corrected chi connectivity index (χ0v) is 18.1. The Hall–Kier alpha value is -2.69. The Kier molecular flexibility index (Phi) is 5.15. The van der Waals surface area contributed by atoms with Gasteiger partial charge in [-0.25, -0.2) is 0 Å². The lowest BCUT2D eigenvalue weighted by Crippen LogP contribution is -2.25. The van der Waals surface area contributed by atoms with Crippen LogP contribution in [-0.2, 0) is 10.0 Å². The van der Waals surface area contributed by atoms with Crippen molar-refractivity contribution in [1.82, 2.24) is 24.9 Å². The first kappa shape index (κ1) is 19.6. The van der Waals surface area contributed by atoms with Crippen molar-refractivity contribution in [2.75, 3.05) is 4.83 Å². The molecule has 2 heterocycles. The van der Waals surface area contributed by atoms with Crippen molar-refractivity contribution in [2.24, 2.45) is 0 Å². The molecule has 0 aliphatic rings. The molecule has 0 radical (unpaired) electrons. The molecule has 4 aromatic rings. The highest BCUT2D eigenvalue weighted by molar-refractivity contribution is 9.10. The summed E-state index contributed by atoms with van der Waals surface area (Å²) in [5, 5.41) is 13.6. The minimum absolute atomic E-state index is 0.125. The van der Waals surface area contributed by atoms with Crippen molar-refractivity contribution in [3.05, 3.63) is 76.0 Å². The van der Waals surface area contributed by atoms with Gasteiger partial charge in [-0.3, -0.25) is 0 Å². The molecule has 0 bridgehead atoms. The van der Waals surface area contributed by atoms with Gasteiger partial charge in [0.1, 0.15) is 11.4 Å². The van der Waals surface area contributed by atoms with Gasteiger partial charge >= 0.3 is 0 Å². The highest BCUT2D eigenvalue weighted by Gasteiger charge is 2.22. The molecular weight excluding hydrogens is 480 g/mol. The molecule has 0 saturated carbocycles. The predicted octanol–water partition coefficient (Wildman–Crippen LogP) is 3.79. The molecule has 148 valence electrons. The van der Waals surface area contributed by atoms with Crippen LogP contribution in [0.5, 0.6) is 0 Å². The van der Waals surface area contributed by atoms with Crippen LogP contribution in [-0.4, -0.2) is 33.3 Å². The Morgan fingerprint density at radius 3 is 2.41 bits per heavy atom. The summed E-state index contributed by atoms with van der Waals surface area (Å²) >= 11 is 9.39. The predicted molar refractivity (Wildman–Crippen MR) is 113 cm³/mol. The maximum atomic E-state index is 12.7. The van der Waals surface area contributed by atoms with Crippen molar-refractivity contribution in [3.63, 3.8) is 0 Å². The summed E-state index contributed by atoms with van der Waals surface area (Å²) in [5.74, 6) is 0. The van der Waals surface area contributed by atoms with Gasteiger partial charge in [0.25, 0.3) is 10.0 Å². The lowest BCUT2D eigenvalue weighted by Gasteiger charge is -2.10. The second-order valence-corrected chi connectivity index (χ2v) is 8.95. The summed E-state index contributed by atoms with van der Waals surface area (Å²) in [6.07, 6.45) is 1.53. The highest BCUT2D eigenvalue weighted by atomic mass is 79.9. The minimum atomic E-state index is -3.84. The summed E-state index contributed by atoms with van der Waals surface area (Å²) in [4.78, 5) is 5.20. The summed E-state index contributed by atoms with van der Waals surface area (Å²) in [7, 11) is -3.84. The monoisotopic (exact) mass is 492 g/mol. The van der Waals surface area contributed by atoms with Gasteiger partial charge in [0.15, 0.2) is 0 Å². The molecule has 0 saturated heterocycles. The van der Waals surface area contributed by atoms with Gasteiger partial charge < -0.3 is 0 Å². The molecule has 2 aromatic heterocycles. The number of hydrogen-bond donors (Lipinski definition) is 1. The van der Waals surface area contributed by atoms with E-state index in [4.69, 9.17) is 11.6 Å². The quantitative estimate of drug-likeness (QED) is 0.456. The third kappa shape index (κ3) is 3.91. The van der Waals surface area contributed by atoms with E-state index < -0.39 is 10.0 Å². The van der Waals surface area contributed by atoms with Gasteiger partial charge in [0, 0.05) is 5.02 Å². The number of nitrogens with one attached hydrogen (secondary N) is 1. The van der Waals surface area contributed by atoms with Gasteiger partial charge in [-0.15, -0.1) is 5.10 Å². The van der Waals surface area contributed by atoms with Crippen LogP contribution >= 0.6 is 27.5 Å². The Balaban J connectivity index is 1.73. The number of halogens is 2. The molecule has 2 aromatic carbocycles. The molecule has 29 heavy (non-hydrogen) atoms. The second kappa shape index (κ2) is 7.62. The van der Waals surface area contributed by atoms with E-state index in [0.29, 0.717) is 32.3 Å². The SMILES string of the molecule is Cc1nn(NS(=O)(=O)c2ccccc2)c(-c2cnn(-c3ccc(Cl)cc3)n2)c1Br. The molecular formula is C18H14BrClN6O2S. The molecule has 0 atom stereocenters. The first-order valence-corrected chi connectivity index (χ1v) is 11.0. The Morgan fingerprint density at radius 2 is 1.72 bits per heavy atom. The fourth-order valence-electron chi connectivity index (χ4n) is 2.63. The summed E-state index contributed by atoms with van der Waals surface area (Å²) < 4.78 is 26.1. The number of hydrogen-bond acceptors (Lipinski definition) is 5. The average molecular weight is 494 g/mol. The average Bonchev–Trinajstić information content (AvgIpc) is 3.28. The largest absolute Gasteiger partial charge is 0.276 e. The molecule has 0 fully saturated rings. The normalized spacial score (nSPS) is 11.6. The fraction of sp³-hybridized carbons (Fsp3) is 0.0556. The van der Waals surface area contributed by atoms with E-state index in [1.165, 1.54) is 27.9 Å². The lowest BCUT2D eigenvalue weighted by molar-refractivity contribution is 0.592. The number of aromatic nitrogens is 5. The molecule has 0 unspecified atom stereocenters. The van der Waals surface area contributed by atoms with E-state index in [2.05, 4.69) is 36.1 Å². The van der Waals surface area contributed by atoms with Gasteiger partial charge in [0.05, 0.1) is 26.9 Å². The van der Waals surface area contributed by atoms with E-state index in [9.17, 15) is 8.42 Å². The van der Waals surface area contributed by atoms with E-state index >= 15 is 0 Å². The summed E-state index contributed by atoms with van der Waals surface area (Å²) in [6, 6.07) is 15.1.